The molecule has 242 valence electrons. The summed E-state index contributed by atoms with van der Waals surface area (Å²) in [5.41, 5.74) is 5.95. The highest BCUT2D eigenvalue weighted by Crippen LogP contribution is 2.48. The predicted octanol–water partition coefficient (Wildman–Crippen LogP) is 0.997. The normalized spacial score (nSPS) is 22.8. The number of anilines is 1. The third-order valence-electron chi connectivity index (χ3n) is 8.51. The zero-order chi connectivity index (χ0) is 33.3. The summed E-state index contributed by atoms with van der Waals surface area (Å²) < 4.78 is 24.5. The molecule has 5 rings (SSSR count). The largest absolute Gasteiger partial charge is 0.497 e. The van der Waals surface area contributed by atoms with E-state index in [0.717, 1.165) is 4.57 Å². The number of primary amides is 1. The minimum atomic E-state index is -2.94. The third-order valence-corrected chi connectivity index (χ3v) is 8.51. The standard InChI is InChI=1S/C33H36N4O9/c1-20-17-37(30(41)36-27(20)34)28-26(39)33(42,29(35)40)31(18-38,46-28)19-45-32(21-7-5-4-6-8-21,22-9-13-24(43-2)14-10-22)23-11-15-25(44-3)16-12-23/h4-17,26,28,38-39,42H,18-19H2,1-3H3,(H2,35,40)(H2,34,36,41)/t26-,28+,31+,33+/m0/s1. The number of nitrogens with zero attached hydrogens (tertiary/aromatic N) is 2. The molecular formula is C33H36N4O9. The van der Waals surface area contributed by atoms with Gasteiger partial charge in [-0.15, -0.1) is 0 Å². The van der Waals surface area contributed by atoms with Crippen molar-refractivity contribution in [3.63, 3.8) is 0 Å². The number of aromatic nitrogens is 2. The molecule has 1 saturated heterocycles. The van der Waals surface area contributed by atoms with E-state index in [1.807, 2.05) is 30.3 Å². The number of carbonyl (C=O) groups is 1. The Morgan fingerprint density at radius 3 is 1.98 bits per heavy atom. The smallest absolute Gasteiger partial charge is 0.351 e. The minimum absolute atomic E-state index is 0.0534. The van der Waals surface area contributed by atoms with Crippen LogP contribution in [-0.2, 0) is 19.9 Å². The lowest BCUT2D eigenvalue weighted by molar-refractivity contribution is -0.208. The fraction of sp³-hybridized carbons (Fsp3) is 0.303. The van der Waals surface area contributed by atoms with Crippen molar-refractivity contribution in [1.29, 1.82) is 0 Å². The van der Waals surface area contributed by atoms with Crippen LogP contribution < -0.4 is 26.6 Å². The number of aliphatic hydroxyl groups is 3. The second-order valence-corrected chi connectivity index (χ2v) is 11.0. The highest BCUT2D eigenvalue weighted by atomic mass is 16.6. The lowest BCUT2D eigenvalue weighted by atomic mass is 9.78. The second-order valence-electron chi connectivity index (χ2n) is 11.0. The Balaban J connectivity index is 1.70. The molecule has 1 aliphatic rings. The van der Waals surface area contributed by atoms with Gasteiger partial charge in [0.2, 0.25) is 5.60 Å². The molecule has 0 saturated carbocycles. The molecule has 0 radical (unpaired) electrons. The van der Waals surface area contributed by atoms with Crippen LogP contribution in [0.25, 0.3) is 0 Å². The zero-order valence-corrected chi connectivity index (χ0v) is 25.5. The summed E-state index contributed by atoms with van der Waals surface area (Å²) >= 11 is 0. The van der Waals surface area contributed by atoms with E-state index in [1.165, 1.54) is 20.4 Å². The highest BCUT2D eigenvalue weighted by molar-refractivity contribution is 5.86. The molecule has 4 atom stereocenters. The van der Waals surface area contributed by atoms with Gasteiger partial charge in [0.15, 0.2) is 11.8 Å². The van der Waals surface area contributed by atoms with E-state index in [-0.39, 0.29) is 5.82 Å². The van der Waals surface area contributed by atoms with Crippen LogP contribution in [0.15, 0.2) is 89.9 Å². The van der Waals surface area contributed by atoms with E-state index in [1.54, 1.807) is 55.5 Å². The summed E-state index contributed by atoms with van der Waals surface area (Å²) in [7, 11) is 3.08. The second kappa shape index (κ2) is 12.5. The van der Waals surface area contributed by atoms with Crippen molar-refractivity contribution >= 4 is 11.7 Å². The van der Waals surface area contributed by atoms with E-state index in [4.69, 9.17) is 30.4 Å². The van der Waals surface area contributed by atoms with Gasteiger partial charge in [-0.25, -0.2) is 4.79 Å². The van der Waals surface area contributed by atoms with Gasteiger partial charge in [0.1, 0.15) is 29.0 Å². The molecule has 4 aromatic rings. The van der Waals surface area contributed by atoms with Gasteiger partial charge in [-0.05, 0) is 47.9 Å². The lowest BCUT2D eigenvalue weighted by Crippen LogP contribution is -2.68. The van der Waals surface area contributed by atoms with Crippen molar-refractivity contribution in [3.8, 4) is 11.5 Å². The Hall–Kier alpha value is -4.79. The predicted molar refractivity (Wildman–Crippen MR) is 166 cm³/mol. The van der Waals surface area contributed by atoms with Gasteiger partial charge in [-0.3, -0.25) is 9.36 Å². The summed E-state index contributed by atoms with van der Waals surface area (Å²) in [6.45, 7) is -0.188. The average molecular weight is 633 g/mol. The van der Waals surface area contributed by atoms with Crippen LogP contribution in [0.3, 0.4) is 0 Å². The monoisotopic (exact) mass is 632 g/mol. The topological polar surface area (TPSA) is 202 Å². The number of carbonyl (C=O) groups excluding carboxylic acids is 1. The van der Waals surface area contributed by atoms with E-state index >= 15 is 0 Å². The molecule has 2 heterocycles. The van der Waals surface area contributed by atoms with Crippen LogP contribution in [-0.4, -0.2) is 75.5 Å². The van der Waals surface area contributed by atoms with Crippen LogP contribution in [0.4, 0.5) is 5.82 Å². The maximum absolute atomic E-state index is 13.0. The van der Waals surface area contributed by atoms with Crippen LogP contribution in [0.1, 0.15) is 28.5 Å². The van der Waals surface area contributed by atoms with Crippen molar-refractivity contribution in [1.82, 2.24) is 9.55 Å². The molecule has 13 heteroatoms. The Bertz CT molecular complexity index is 1700. The first-order valence-electron chi connectivity index (χ1n) is 14.3. The summed E-state index contributed by atoms with van der Waals surface area (Å²) in [5.74, 6) is -0.300. The average Bonchev–Trinajstić information content (AvgIpc) is 3.31. The molecule has 0 aliphatic carbocycles. The number of hydrogen-bond donors (Lipinski definition) is 5. The molecule has 1 amide bonds. The molecule has 1 fully saturated rings. The summed E-state index contributed by atoms with van der Waals surface area (Å²) in [6, 6.07) is 23.3. The maximum Gasteiger partial charge on any atom is 0.351 e. The van der Waals surface area contributed by atoms with E-state index in [0.29, 0.717) is 33.8 Å². The minimum Gasteiger partial charge on any atom is -0.497 e. The van der Waals surface area contributed by atoms with Gasteiger partial charge >= 0.3 is 5.69 Å². The molecule has 1 aliphatic heterocycles. The Kier molecular flexibility index (Phi) is 8.89. The Labute approximate surface area is 264 Å². The first kappa shape index (κ1) is 32.6. The SMILES string of the molecule is COc1ccc(C(OC[C@@]2(CO)O[C@@H](n3cc(C)c(N)nc3=O)[C@H](O)[C@@]2(O)C(N)=O)(c2ccccc2)c2ccc(OC)cc2)cc1. The molecular weight excluding hydrogens is 596 g/mol. The van der Waals surface area contributed by atoms with Gasteiger partial charge in [-0.2, -0.15) is 4.98 Å². The number of ether oxygens (including phenoxy) is 4. The van der Waals surface area contributed by atoms with Crippen molar-refractivity contribution in [2.75, 3.05) is 33.2 Å². The molecule has 1 aromatic heterocycles. The fourth-order valence-electron chi connectivity index (χ4n) is 5.85. The zero-order valence-electron chi connectivity index (χ0n) is 25.5. The number of aliphatic hydroxyl groups excluding tert-OH is 2. The summed E-state index contributed by atoms with van der Waals surface area (Å²) in [4.78, 5) is 29.6. The summed E-state index contributed by atoms with van der Waals surface area (Å²) in [6.07, 6.45) is -2.57. The molecule has 0 unspecified atom stereocenters. The quantitative estimate of drug-likeness (QED) is 0.148. The number of rotatable bonds is 11. The maximum atomic E-state index is 13.0. The van der Waals surface area contributed by atoms with Crippen molar-refractivity contribution in [2.45, 2.75) is 36.1 Å². The van der Waals surface area contributed by atoms with Crippen molar-refractivity contribution in [3.05, 3.63) is 118 Å². The lowest BCUT2D eigenvalue weighted by Gasteiger charge is -2.42. The third kappa shape index (κ3) is 5.17. The number of nitrogen functional groups attached to an aromatic ring is 1. The highest BCUT2D eigenvalue weighted by Gasteiger charge is 2.70. The van der Waals surface area contributed by atoms with Gasteiger partial charge in [0.25, 0.3) is 5.91 Å². The molecule has 0 bridgehead atoms. The number of hydrogen-bond acceptors (Lipinski definition) is 11. The van der Waals surface area contributed by atoms with Crippen LogP contribution >= 0.6 is 0 Å². The van der Waals surface area contributed by atoms with Crippen LogP contribution in [0.2, 0.25) is 0 Å². The van der Waals surface area contributed by atoms with Gasteiger partial charge in [0, 0.05) is 11.8 Å². The first-order chi connectivity index (χ1) is 22.0. The van der Waals surface area contributed by atoms with Crippen LogP contribution in [0.5, 0.6) is 11.5 Å². The number of benzene rings is 3. The van der Waals surface area contributed by atoms with E-state index < -0.39 is 53.9 Å². The van der Waals surface area contributed by atoms with Crippen molar-refractivity contribution in [2.24, 2.45) is 5.73 Å². The number of aryl methyl sites for hydroxylation is 1. The number of amides is 1. The molecule has 46 heavy (non-hydrogen) atoms. The number of nitrogens with two attached hydrogens (primary N) is 2. The van der Waals surface area contributed by atoms with Crippen LogP contribution in [0, 0.1) is 6.92 Å². The van der Waals surface area contributed by atoms with E-state index in [2.05, 4.69) is 4.98 Å². The Morgan fingerprint density at radius 1 is 0.978 bits per heavy atom. The van der Waals surface area contributed by atoms with Gasteiger partial charge < -0.3 is 45.7 Å². The molecule has 3 aromatic carbocycles. The molecule has 7 N–H and O–H groups in total. The fourth-order valence-corrected chi connectivity index (χ4v) is 5.85. The molecule has 0 spiro atoms. The Morgan fingerprint density at radius 2 is 1.50 bits per heavy atom. The van der Waals surface area contributed by atoms with Gasteiger partial charge in [0.05, 0.1) is 27.4 Å². The number of methoxy groups -OCH3 is 2. The first-order valence-corrected chi connectivity index (χ1v) is 14.3. The van der Waals surface area contributed by atoms with Crippen molar-refractivity contribution < 1.29 is 39.1 Å². The molecule has 13 nitrogen and oxygen atoms in total. The van der Waals surface area contributed by atoms with E-state index in [9.17, 15) is 24.9 Å². The summed E-state index contributed by atoms with van der Waals surface area (Å²) in [5, 5.41) is 34.1. The van der Waals surface area contributed by atoms with Gasteiger partial charge in [-0.1, -0.05) is 54.6 Å².